The summed E-state index contributed by atoms with van der Waals surface area (Å²) in [5.74, 6) is -0.640. The van der Waals surface area contributed by atoms with Gasteiger partial charge in [-0.05, 0) is 37.1 Å². The van der Waals surface area contributed by atoms with E-state index >= 15 is 0 Å². The van der Waals surface area contributed by atoms with Crippen LogP contribution in [0.4, 0.5) is 4.39 Å². The largest absolute Gasteiger partial charge is 0.490 e. The first kappa shape index (κ1) is 21.1. The van der Waals surface area contributed by atoms with Crippen LogP contribution in [0.1, 0.15) is 38.5 Å². The van der Waals surface area contributed by atoms with Crippen molar-refractivity contribution >= 4 is 17.7 Å². The predicted octanol–water partition coefficient (Wildman–Crippen LogP) is 1.70. The molecule has 3 amide bonds. The zero-order valence-corrected chi connectivity index (χ0v) is 16.5. The fourth-order valence-corrected chi connectivity index (χ4v) is 4.00. The third-order valence-corrected chi connectivity index (χ3v) is 5.58. The Morgan fingerprint density at radius 1 is 1.14 bits per heavy atom. The zero-order valence-electron chi connectivity index (χ0n) is 16.5. The average Bonchev–Trinajstić information content (AvgIpc) is 2.89. The van der Waals surface area contributed by atoms with Gasteiger partial charge in [0.25, 0.3) is 0 Å². The number of halogens is 1. The minimum atomic E-state index is -0.459. The molecule has 0 spiro atoms. The van der Waals surface area contributed by atoms with Crippen LogP contribution in [0.15, 0.2) is 24.3 Å². The number of hydrogen-bond donors (Lipinski definition) is 1. The molecule has 7 nitrogen and oxygen atoms in total. The van der Waals surface area contributed by atoms with Gasteiger partial charge in [0.1, 0.15) is 17.7 Å². The molecule has 2 atom stereocenters. The number of primary amides is 1. The van der Waals surface area contributed by atoms with Crippen molar-refractivity contribution in [3.63, 3.8) is 0 Å². The van der Waals surface area contributed by atoms with Crippen molar-refractivity contribution in [1.82, 2.24) is 9.80 Å². The SMILES string of the molecule is NC(=O)C[C@H]1CN(C(=O)CN2CCCCCC2=O)CC[C@@H]1Oc1ccc(F)cc1. The minimum absolute atomic E-state index is 0.0269. The van der Waals surface area contributed by atoms with Gasteiger partial charge in [-0.2, -0.15) is 0 Å². The van der Waals surface area contributed by atoms with E-state index in [1.165, 1.54) is 12.1 Å². The third-order valence-electron chi connectivity index (χ3n) is 5.58. The highest BCUT2D eigenvalue weighted by Gasteiger charge is 2.34. The van der Waals surface area contributed by atoms with Crippen molar-refractivity contribution in [3.05, 3.63) is 30.1 Å². The van der Waals surface area contributed by atoms with E-state index in [0.717, 1.165) is 19.3 Å². The first-order valence-electron chi connectivity index (χ1n) is 10.2. The van der Waals surface area contributed by atoms with E-state index in [9.17, 15) is 18.8 Å². The first-order chi connectivity index (χ1) is 13.9. The van der Waals surface area contributed by atoms with Gasteiger partial charge in [0.05, 0.1) is 6.54 Å². The first-order valence-corrected chi connectivity index (χ1v) is 10.2. The van der Waals surface area contributed by atoms with E-state index in [-0.39, 0.29) is 42.6 Å². The van der Waals surface area contributed by atoms with Crippen LogP contribution in [-0.2, 0) is 14.4 Å². The van der Waals surface area contributed by atoms with Gasteiger partial charge in [-0.3, -0.25) is 14.4 Å². The summed E-state index contributed by atoms with van der Waals surface area (Å²) in [6.07, 6.45) is 3.62. The van der Waals surface area contributed by atoms with E-state index in [1.54, 1.807) is 21.9 Å². The van der Waals surface area contributed by atoms with Crippen molar-refractivity contribution in [2.45, 2.75) is 44.6 Å². The topological polar surface area (TPSA) is 92.9 Å². The van der Waals surface area contributed by atoms with Crippen molar-refractivity contribution in [2.75, 3.05) is 26.2 Å². The zero-order chi connectivity index (χ0) is 20.8. The molecule has 0 bridgehead atoms. The number of hydrogen-bond acceptors (Lipinski definition) is 4. The quantitative estimate of drug-likeness (QED) is 0.780. The van der Waals surface area contributed by atoms with E-state index in [1.807, 2.05) is 0 Å². The number of piperidine rings is 1. The molecule has 1 aromatic carbocycles. The number of likely N-dealkylation sites (tertiary alicyclic amines) is 2. The molecule has 2 N–H and O–H groups in total. The fourth-order valence-electron chi connectivity index (χ4n) is 4.00. The summed E-state index contributed by atoms with van der Waals surface area (Å²) in [7, 11) is 0. The van der Waals surface area contributed by atoms with Gasteiger partial charge >= 0.3 is 0 Å². The lowest BCUT2D eigenvalue weighted by Gasteiger charge is -2.39. The van der Waals surface area contributed by atoms with Crippen LogP contribution < -0.4 is 10.5 Å². The number of carbonyl (C=O) groups excluding carboxylic acids is 3. The molecule has 29 heavy (non-hydrogen) atoms. The molecule has 2 fully saturated rings. The Hall–Kier alpha value is -2.64. The van der Waals surface area contributed by atoms with Gasteiger partial charge in [-0.1, -0.05) is 6.42 Å². The summed E-state index contributed by atoms with van der Waals surface area (Å²) in [5.41, 5.74) is 5.40. The van der Waals surface area contributed by atoms with Crippen molar-refractivity contribution in [1.29, 1.82) is 0 Å². The smallest absolute Gasteiger partial charge is 0.242 e. The second-order valence-electron chi connectivity index (χ2n) is 7.80. The monoisotopic (exact) mass is 405 g/mol. The molecule has 0 saturated carbocycles. The average molecular weight is 405 g/mol. The number of rotatable bonds is 6. The molecule has 2 aliphatic heterocycles. The highest BCUT2D eigenvalue weighted by Crippen LogP contribution is 2.26. The molecule has 3 rings (SSSR count). The summed E-state index contributed by atoms with van der Waals surface area (Å²) >= 11 is 0. The second-order valence-corrected chi connectivity index (χ2v) is 7.80. The van der Waals surface area contributed by atoms with Crippen LogP contribution in [-0.4, -0.2) is 59.8 Å². The Morgan fingerprint density at radius 2 is 1.90 bits per heavy atom. The lowest BCUT2D eigenvalue weighted by molar-refractivity contribution is -0.142. The number of nitrogens with zero attached hydrogens (tertiary/aromatic N) is 2. The number of nitrogens with two attached hydrogens (primary N) is 1. The summed E-state index contributed by atoms with van der Waals surface area (Å²) in [6.45, 7) is 1.50. The van der Waals surface area contributed by atoms with Gasteiger partial charge in [0, 0.05) is 44.8 Å². The van der Waals surface area contributed by atoms with Gasteiger partial charge in [-0.25, -0.2) is 4.39 Å². The van der Waals surface area contributed by atoms with Gasteiger partial charge < -0.3 is 20.3 Å². The predicted molar refractivity (Wildman–Crippen MR) is 104 cm³/mol. The number of benzene rings is 1. The fraction of sp³-hybridized carbons (Fsp3) is 0.571. The molecule has 0 radical (unpaired) electrons. The molecule has 2 aliphatic rings. The molecule has 0 unspecified atom stereocenters. The van der Waals surface area contributed by atoms with Crippen molar-refractivity contribution < 1.29 is 23.5 Å². The van der Waals surface area contributed by atoms with Crippen LogP contribution >= 0.6 is 0 Å². The molecule has 2 heterocycles. The van der Waals surface area contributed by atoms with Crippen LogP contribution in [0.5, 0.6) is 5.75 Å². The number of ether oxygens (including phenoxy) is 1. The highest BCUT2D eigenvalue weighted by molar-refractivity contribution is 5.85. The summed E-state index contributed by atoms with van der Waals surface area (Å²) < 4.78 is 19.1. The summed E-state index contributed by atoms with van der Waals surface area (Å²) in [4.78, 5) is 39.8. The molecule has 158 valence electrons. The van der Waals surface area contributed by atoms with Crippen LogP contribution in [0, 0.1) is 11.7 Å². The summed E-state index contributed by atoms with van der Waals surface area (Å²) in [6, 6.07) is 5.71. The van der Waals surface area contributed by atoms with E-state index in [4.69, 9.17) is 10.5 Å². The van der Waals surface area contributed by atoms with Crippen LogP contribution in [0.2, 0.25) is 0 Å². The minimum Gasteiger partial charge on any atom is -0.490 e. The maximum Gasteiger partial charge on any atom is 0.242 e. The van der Waals surface area contributed by atoms with E-state index in [2.05, 4.69) is 0 Å². The van der Waals surface area contributed by atoms with Gasteiger partial charge in [-0.15, -0.1) is 0 Å². The maximum atomic E-state index is 13.1. The van der Waals surface area contributed by atoms with Gasteiger partial charge in [0.15, 0.2) is 0 Å². The second kappa shape index (κ2) is 9.71. The van der Waals surface area contributed by atoms with Crippen LogP contribution in [0.3, 0.4) is 0 Å². The van der Waals surface area contributed by atoms with Crippen LogP contribution in [0.25, 0.3) is 0 Å². The van der Waals surface area contributed by atoms with E-state index < -0.39 is 5.91 Å². The Kier molecular flexibility index (Phi) is 7.06. The molecule has 0 aliphatic carbocycles. The van der Waals surface area contributed by atoms with Crippen molar-refractivity contribution in [3.8, 4) is 5.75 Å². The third kappa shape index (κ3) is 5.92. The van der Waals surface area contributed by atoms with E-state index in [0.29, 0.717) is 38.2 Å². The lowest BCUT2D eigenvalue weighted by atomic mass is 9.91. The lowest BCUT2D eigenvalue weighted by Crippen LogP contribution is -2.51. The highest BCUT2D eigenvalue weighted by atomic mass is 19.1. The Labute approximate surface area is 170 Å². The maximum absolute atomic E-state index is 13.1. The van der Waals surface area contributed by atoms with Crippen molar-refractivity contribution in [2.24, 2.45) is 11.7 Å². The number of carbonyl (C=O) groups is 3. The molecule has 1 aromatic rings. The Bertz CT molecular complexity index is 740. The number of amides is 3. The summed E-state index contributed by atoms with van der Waals surface area (Å²) in [5, 5.41) is 0. The molecule has 8 heteroatoms. The molecular formula is C21H28FN3O4. The molecule has 2 saturated heterocycles. The molecule has 0 aromatic heterocycles. The van der Waals surface area contributed by atoms with Gasteiger partial charge in [0.2, 0.25) is 17.7 Å². The Balaban J connectivity index is 1.62. The standard InChI is InChI=1S/C21H28FN3O4/c22-16-5-7-17(8-6-16)29-18-9-11-25(13-15(18)12-19(23)26)21(28)14-24-10-3-1-2-4-20(24)27/h5-8,15,18H,1-4,9-14H2,(H2,23,26)/t15-,18-/m0/s1. The normalized spacial score (nSPS) is 22.9. The Morgan fingerprint density at radius 3 is 2.62 bits per heavy atom. The molecular weight excluding hydrogens is 377 g/mol.